The average molecular weight is 338 g/mol. The Morgan fingerprint density at radius 3 is 2.83 bits per heavy atom. The molecule has 2 N–H and O–H groups in total. The third kappa shape index (κ3) is 2.53. The maximum Gasteiger partial charge on any atom is 0.248 e. The lowest BCUT2D eigenvalue weighted by Crippen LogP contribution is -2.13. The highest BCUT2D eigenvalue weighted by Crippen LogP contribution is 2.55. The monoisotopic (exact) mass is 337 g/mol. The molecule has 0 radical (unpaired) electrons. The van der Waals surface area contributed by atoms with Gasteiger partial charge in [0.1, 0.15) is 0 Å². The van der Waals surface area contributed by atoms with Gasteiger partial charge in [-0.1, -0.05) is 41.4 Å². The number of aromatic nitrogens is 2. The normalized spacial score (nSPS) is 19.4. The Labute approximate surface area is 144 Å². The Balaban J connectivity index is 1.70. The number of carbonyl (C=O) groups excluding carboxylic acids is 1. The number of hydrogen-bond acceptors (Lipinski definition) is 3. The summed E-state index contributed by atoms with van der Waals surface area (Å²) in [6.45, 7) is 2.03. The molecule has 2 aromatic carbocycles. The minimum atomic E-state index is -0.365. The topological polar surface area (TPSA) is 68.9 Å². The highest BCUT2D eigenvalue weighted by Gasteiger charge is 2.41. The molecule has 24 heavy (non-hydrogen) atoms. The van der Waals surface area contributed by atoms with E-state index in [-0.39, 0.29) is 5.91 Å². The number of hydrogen-bond donors (Lipinski definition) is 1. The van der Waals surface area contributed by atoms with Crippen molar-refractivity contribution in [3.8, 4) is 0 Å². The number of fused-ring (bicyclic) bond motifs is 1. The predicted octanol–water partition coefficient (Wildman–Crippen LogP) is 3.96. The lowest BCUT2D eigenvalue weighted by molar-refractivity contribution is 0.0999. The van der Waals surface area contributed by atoms with Crippen molar-refractivity contribution in [2.75, 3.05) is 0 Å². The maximum absolute atomic E-state index is 11.7. The number of carbonyl (C=O) groups is 1. The second-order valence-corrected chi connectivity index (χ2v) is 6.74. The molecule has 3 aromatic rings. The molecule has 1 aromatic heterocycles. The molecule has 1 saturated carbocycles. The van der Waals surface area contributed by atoms with Crippen molar-refractivity contribution >= 4 is 28.3 Å². The van der Waals surface area contributed by atoms with Crippen LogP contribution >= 0.6 is 11.6 Å². The lowest BCUT2D eigenvalue weighted by Gasteiger charge is -2.09. The number of aryl methyl sites for hydroxylation is 1. The number of amides is 1. The molecule has 4 rings (SSSR count). The maximum atomic E-state index is 11.7. The standard InChI is InChI=1S/C19H16ClN3O/c1-10-2-4-14(19(21)24)16(6-10)17-8-15(17)11-3-5-13-12(7-11)9-22-23-18(13)20/h2-7,9,15,17H,8H2,1H3,(H2,21,24). The molecule has 2 unspecified atom stereocenters. The van der Waals surface area contributed by atoms with Crippen LogP contribution in [0.3, 0.4) is 0 Å². The van der Waals surface area contributed by atoms with E-state index in [1.165, 1.54) is 5.56 Å². The van der Waals surface area contributed by atoms with Crippen LogP contribution in [0.2, 0.25) is 5.15 Å². The smallest absolute Gasteiger partial charge is 0.248 e. The molecule has 5 heteroatoms. The van der Waals surface area contributed by atoms with Crippen LogP contribution in [-0.2, 0) is 0 Å². The molecule has 0 spiro atoms. The molecule has 1 aliphatic carbocycles. The second-order valence-electron chi connectivity index (χ2n) is 6.39. The molecular weight excluding hydrogens is 322 g/mol. The summed E-state index contributed by atoms with van der Waals surface area (Å²) in [4.78, 5) is 11.7. The molecule has 1 amide bonds. The number of benzene rings is 2. The second kappa shape index (κ2) is 5.56. The molecule has 120 valence electrons. The predicted molar refractivity (Wildman–Crippen MR) is 94.3 cm³/mol. The van der Waals surface area contributed by atoms with Gasteiger partial charge in [-0.15, -0.1) is 5.10 Å². The fourth-order valence-electron chi connectivity index (χ4n) is 3.42. The Morgan fingerprint density at radius 2 is 2.04 bits per heavy atom. The molecule has 2 atom stereocenters. The minimum absolute atomic E-state index is 0.329. The first-order valence-electron chi connectivity index (χ1n) is 7.86. The van der Waals surface area contributed by atoms with Gasteiger partial charge in [0.25, 0.3) is 0 Å². The van der Waals surface area contributed by atoms with Gasteiger partial charge in [-0.2, -0.15) is 5.10 Å². The third-order valence-electron chi connectivity index (χ3n) is 4.73. The summed E-state index contributed by atoms with van der Waals surface area (Å²) in [6.07, 6.45) is 2.74. The van der Waals surface area contributed by atoms with Gasteiger partial charge in [0.15, 0.2) is 5.15 Å². The SMILES string of the molecule is Cc1ccc(C(N)=O)c(C2CC2c2ccc3c(Cl)nncc3c2)c1. The summed E-state index contributed by atoms with van der Waals surface area (Å²) in [7, 11) is 0. The van der Waals surface area contributed by atoms with E-state index in [9.17, 15) is 4.79 Å². The minimum Gasteiger partial charge on any atom is -0.366 e. The number of primary amides is 1. The third-order valence-corrected chi connectivity index (χ3v) is 5.01. The van der Waals surface area contributed by atoms with Crippen LogP contribution in [0, 0.1) is 6.92 Å². The first-order chi connectivity index (χ1) is 11.5. The van der Waals surface area contributed by atoms with Crippen molar-refractivity contribution in [1.82, 2.24) is 10.2 Å². The molecule has 4 nitrogen and oxygen atoms in total. The van der Waals surface area contributed by atoms with Crippen molar-refractivity contribution in [3.63, 3.8) is 0 Å². The van der Waals surface area contributed by atoms with Crippen molar-refractivity contribution < 1.29 is 4.79 Å². The highest BCUT2D eigenvalue weighted by molar-refractivity contribution is 6.34. The number of rotatable bonds is 3. The first-order valence-corrected chi connectivity index (χ1v) is 8.23. The van der Waals surface area contributed by atoms with Crippen LogP contribution in [0.15, 0.2) is 42.6 Å². The van der Waals surface area contributed by atoms with E-state index in [1.807, 2.05) is 25.1 Å². The van der Waals surface area contributed by atoms with Crippen LogP contribution in [-0.4, -0.2) is 16.1 Å². The van der Waals surface area contributed by atoms with Gasteiger partial charge in [0, 0.05) is 16.3 Å². The van der Waals surface area contributed by atoms with E-state index in [0.717, 1.165) is 28.3 Å². The zero-order chi connectivity index (χ0) is 16.8. The summed E-state index contributed by atoms with van der Waals surface area (Å²) in [5.41, 5.74) is 9.59. The van der Waals surface area contributed by atoms with Gasteiger partial charge in [-0.3, -0.25) is 4.79 Å². The molecule has 1 heterocycles. The Bertz CT molecular complexity index is 970. The summed E-state index contributed by atoms with van der Waals surface area (Å²) in [6, 6.07) is 12.0. The molecule has 0 aliphatic heterocycles. The summed E-state index contributed by atoms with van der Waals surface area (Å²) >= 11 is 6.08. The van der Waals surface area contributed by atoms with E-state index in [1.54, 1.807) is 6.20 Å². The summed E-state index contributed by atoms with van der Waals surface area (Å²) in [5.74, 6) is 0.354. The average Bonchev–Trinajstić information content (AvgIpc) is 3.35. The number of nitrogens with two attached hydrogens (primary N) is 1. The number of nitrogens with zero attached hydrogens (tertiary/aromatic N) is 2. The van der Waals surface area contributed by atoms with Gasteiger partial charge in [-0.25, -0.2) is 0 Å². The van der Waals surface area contributed by atoms with E-state index in [2.05, 4.69) is 28.4 Å². The van der Waals surface area contributed by atoms with Crippen molar-refractivity contribution in [2.45, 2.75) is 25.2 Å². The van der Waals surface area contributed by atoms with Crippen molar-refractivity contribution in [3.05, 3.63) is 70.0 Å². The molecule has 0 saturated heterocycles. The van der Waals surface area contributed by atoms with E-state index >= 15 is 0 Å². The Hall–Kier alpha value is -2.46. The van der Waals surface area contributed by atoms with E-state index < -0.39 is 0 Å². The fourth-order valence-corrected chi connectivity index (χ4v) is 3.64. The van der Waals surface area contributed by atoms with Gasteiger partial charge < -0.3 is 5.73 Å². The van der Waals surface area contributed by atoms with Crippen molar-refractivity contribution in [2.24, 2.45) is 5.73 Å². The van der Waals surface area contributed by atoms with E-state index in [4.69, 9.17) is 17.3 Å². The molecule has 1 fully saturated rings. The Kier molecular flexibility index (Phi) is 3.50. The lowest BCUT2D eigenvalue weighted by atomic mass is 9.97. The van der Waals surface area contributed by atoms with Crippen LogP contribution in [0.1, 0.15) is 45.3 Å². The van der Waals surface area contributed by atoms with Crippen LogP contribution in [0.4, 0.5) is 0 Å². The van der Waals surface area contributed by atoms with Gasteiger partial charge >= 0.3 is 0 Å². The fraction of sp³-hybridized carbons (Fsp3) is 0.211. The number of halogens is 1. The van der Waals surface area contributed by atoms with Gasteiger partial charge in [0.05, 0.1) is 6.20 Å². The van der Waals surface area contributed by atoms with Gasteiger partial charge in [-0.05, 0) is 48.4 Å². The quantitative estimate of drug-likeness (QED) is 0.786. The highest BCUT2D eigenvalue weighted by atomic mass is 35.5. The first kappa shape index (κ1) is 15.1. The zero-order valence-electron chi connectivity index (χ0n) is 13.2. The summed E-state index contributed by atoms with van der Waals surface area (Å²) in [5, 5.41) is 10.1. The molecule has 1 aliphatic rings. The van der Waals surface area contributed by atoms with Crippen LogP contribution in [0.5, 0.6) is 0 Å². The van der Waals surface area contributed by atoms with Crippen LogP contribution < -0.4 is 5.73 Å². The van der Waals surface area contributed by atoms with Crippen molar-refractivity contribution in [1.29, 1.82) is 0 Å². The van der Waals surface area contributed by atoms with Gasteiger partial charge in [0.2, 0.25) is 5.91 Å². The van der Waals surface area contributed by atoms with E-state index in [0.29, 0.717) is 22.6 Å². The summed E-state index contributed by atoms with van der Waals surface area (Å²) < 4.78 is 0. The Morgan fingerprint density at radius 1 is 1.21 bits per heavy atom. The zero-order valence-corrected chi connectivity index (χ0v) is 13.9. The molecular formula is C19H16ClN3O. The largest absolute Gasteiger partial charge is 0.366 e. The molecule has 0 bridgehead atoms. The van der Waals surface area contributed by atoms with Crippen LogP contribution in [0.25, 0.3) is 10.8 Å².